The Bertz CT molecular complexity index is 828. The van der Waals surface area contributed by atoms with E-state index in [4.69, 9.17) is 4.74 Å². The monoisotopic (exact) mass is 476 g/mol. The summed E-state index contributed by atoms with van der Waals surface area (Å²) in [6, 6.07) is 17.0. The summed E-state index contributed by atoms with van der Waals surface area (Å²) in [6.45, 7) is 4.10. The minimum absolute atomic E-state index is 0.194. The van der Waals surface area contributed by atoms with Gasteiger partial charge in [0, 0.05) is 6.42 Å². The maximum Gasteiger partial charge on any atom is 0.310 e. The zero-order valence-corrected chi connectivity index (χ0v) is 22.4. The summed E-state index contributed by atoms with van der Waals surface area (Å²) in [5.74, 6) is 2.11. The zero-order chi connectivity index (χ0) is 24.7. The SMILES string of the molecule is CCCCCCCCCCCCC1CCC(c2ccc(-c3ccc(OC(=O)CC)cc3)cc2)CC1. The van der Waals surface area contributed by atoms with Gasteiger partial charge in [-0.25, -0.2) is 0 Å². The number of unbranched alkanes of at least 4 members (excludes halogenated alkanes) is 9. The van der Waals surface area contributed by atoms with Crippen molar-refractivity contribution >= 4 is 5.97 Å². The van der Waals surface area contributed by atoms with Crippen molar-refractivity contribution in [1.82, 2.24) is 0 Å². The average molecular weight is 477 g/mol. The molecule has 0 spiro atoms. The fraction of sp³-hybridized carbons (Fsp3) is 0.606. The molecule has 35 heavy (non-hydrogen) atoms. The lowest BCUT2D eigenvalue weighted by Crippen LogP contribution is -2.13. The van der Waals surface area contributed by atoms with Gasteiger partial charge >= 0.3 is 5.97 Å². The second kappa shape index (κ2) is 15.8. The van der Waals surface area contributed by atoms with E-state index in [2.05, 4.69) is 31.2 Å². The highest BCUT2D eigenvalue weighted by atomic mass is 16.5. The molecule has 192 valence electrons. The van der Waals surface area contributed by atoms with Crippen molar-refractivity contribution in [2.24, 2.45) is 5.92 Å². The molecule has 1 aliphatic carbocycles. The third-order valence-electron chi connectivity index (χ3n) is 7.90. The van der Waals surface area contributed by atoms with Crippen molar-refractivity contribution in [3.8, 4) is 16.9 Å². The predicted molar refractivity (Wildman–Crippen MR) is 149 cm³/mol. The highest BCUT2D eigenvalue weighted by Gasteiger charge is 2.22. The number of hydrogen-bond acceptors (Lipinski definition) is 2. The van der Waals surface area contributed by atoms with Gasteiger partial charge in [0.2, 0.25) is 0 Å². The number of esters is 1. The van der Waals surface area contributed by atoms with Crippen LogP contribution in [0.25, 0.3) is 11.1 Å². The van der Waals surface area contributed by atoms with Crippen LogP contribution < -0.4 is 4.74 Å². The van der Waals surface area contributed by atoms with Gasteiger partial charge in [0.15, 0.2) is 0 Å². The van der Waals surface area contributed by atoms with Crippen LogP contribution in [0.15, 0.2) is 48.5 Å². The molecule has 0 amide bonds. The van der Waals surface area contributed by atoms with Crippen LogP contribution in [0.4, 0.5) is 0 Å². The minimum Gasteiger partial charge on any atom is -0.427 e. The molecule has 2 nitrogen and oxygen atoms in total. The maximum absolute atomic E-state index is 11.5. The average Bonchev–Trinajstić information content (AvgIpc) is 2.90. The van der Waals surface area contributed by atoms with Crippen molar-refractivity contribution in [2.75, 3.05) is 0 Å². The van der Waals surface area contributed by atoms with Crippen LogP contribution in [0.3, 0.4) is 0 Å². The first-order valence-corrected chi connectivity index (χ1v) is 14.6. The normalized spacial score (nSPS) is 17.9. The maximum atomic E-state index is 11.5. The van der Waals surface area contributed by atoms with Crippen LogP contribution in [-0.2, 0) is 4.79 Å². The lowest BCUT2D eigenvalue weighted by molar-refractivity contribution is -0.134. The van der Waals surface area contributed by atoms with Crippen molar-refractivity contribution in [2.45, 2.75) is 122 Å². The van der Waals surface area contributed by atoms with Crippen LogP contribution in [0.2, 0.25) is 0 Å². The van der Waals surface area contributed by atoms with Crippen LogP contribution in [0.5, 0.6) is 5.75 Å². The molecular formula is C33H48O2. The summed E-state index contributed by atoms with van der Waals surface area (Å²) < 4.78 is 5.28. The quantitative estimate of drug-likeness (QED) is 0.145. The molecule has 0 saturated heterocycles. The molecule has 1 saturated carbocycles. The van der Waals surface area contributed by atoms with Crippen molar-refractivity contribution in [1.29, 1.82) is 0 Å². The molecule has 0 heterocycles. The molecule has 0 N–H and O–H groups in total. The van der Waals surface area contributed by atoms with Crippen molar-refractivity contribution in [3.63, 3.8) is 0 Å². The number of carbonyl (C=O) groups is 1. The summed E-state index contributed by atoms with van der Waals surface area (Å²) in [5.41, 5.74) is 3.88. The Balaban J connectivity index is 1.32. The molecule has 0 atom stereocenters. The first kappa shape index (κ1) is 27.5. The van der Waals surface area contributed by atoms with Crippen molar-refractivity contribution in [3.05, 3.63) is 54.1 Å². The largest absolute Gasteiger partial charge is 0.427 e. The Morgan fingerprint density at radius 1 is 0.686 bits per heavy atom. The number of rotatable bonds is 15. The Labute approximate surface area is 214 Å². The van der Waals surface area contributed by atoms with E-state index in [0.29, 0.717) is 12.2 Å². The number of hydrogen-bond donors (Lipinski definition) is 0. The van der Waals surface area contributed by atoms with Crippen LogP contribution in [0, 0.1) is 5.92 Å². The third kappa shape index (κ3) is 9.82. The number of carbonyl (C=O) groups excluding carboxylic acids is 1. The van der Waals surface area contributed by atoms with E-state index in [9.17, 15) is 4.79 Å². The summed E-state index contributed by atoms with van der Waals surface area (Å²) in [5, 5.41) is 0. The molecule has 3 rings (SSSR count). The first-order chi connectivity index (χ1) is 17.2. The molecule has 0 radical (unpaired) electrons. The predicted octanol–water partition coefficient (Wildman–Crippen LogP) is 10.3. The number of ether oxygens (including phenoxy) is 1. The Morgan fingerprint density at radius 2 is 1.20 bits per heavy atom. The highest BCUT2D eigenvalue weighted by molar-refractivity contribution is 5.72. The zero-order valence-electron chi connectivity index (χ0n) is 22.4. The fourth-order valence-corrected chi connectivity index (χ4v) is 5.57. The first-order valence-electron chi connectivity index (χ1n) is 14.6. The molecule has 0 bridgehead atoms. The molecule has 0 unspecified atom stereocenters. The summed E-state index contributed by atoms with van der Waals surface area (Å²) >= 11 is 0. The smallest absolute Gasteiger partial charge is 0.310 e. The molecular weight excluding hydrogens is 428 g/mol. The summed E-state index contributed by atoms with van der Waals surface area (Å²) in [7, 11) is 0. The molecule has 1 fully saturated rings. The van der Waals surface area contributed by atoms with E-state index in [1.165, 1.54) is 107 Å². The molecule has 0 aliphatic heterocycles. The molecule has 2 heteroatoms. The third-order valence-corrected chi connectivity index (χ3v) is 7.90. The van der Waals surface area contributed by atoms with Crippen LogP contribution in [-0.4, -0.2) is 5.97 Å². The summed E-state index contributed by atoms with van der Waals surface area (Å²) in [6.07, 6.45) is 21.7. The van der Waals surface area contributed by atoms with Gasteiger partial charge < -0.3 is 4.74 Å². The van der Waals surface area contributed by atoms with Gasteiger partial charge in [-0.15, -0.1) is 0 Å². The summed E-state index contributed by atoms with van der Waals surface area (Å²) in [4.78, 5) is 11.5. The molecule has 1 aliphatic rings. The van der Waals surface area contributed by atoms with E-state index in [-0.39, 0.29) is 5.97 Å². The Kier molecular flexibility index (Phi) is 12.4. The van der Waals surface area contributed by atoms with Gasteiger partial charge in [0.25, 0.3) is 0 Å². The van der Waals surface area contributed by atoms with Crippen LogP contribution >= 0.6 is 0 Å². The fourth-order valence-electron chi connectivity index (χ4n) is 5.57. The Hall–Kier alpha value is -2.09. The van der Waals surface area contributed by atoms with Gasteiger partial charge in [-0.3, -0.25) is 4.79 Å². The van der Waals surface area contributed by atoms with E-state index in [0.717, 1.165) is 17.4 Å². The van der Waals surface area contributed by atoms with Crippen molar-refractivity contribution < 1.29 is 9.53 Å². The van der Waals surface area contributed by atoms with Gasteiger partial charge in [-0.2, -0.15) is 0 Å². The van der Waals surface area contributed by atoms with Crippen LogP contribution in [0.1, 0.15) is 128 Å². The number of benzene rings is 2. The lowest BCUT2D eigenvalue weighted by atomic mass is 9.77. The second-order valence-electron chi connectivity index (χ2n) is 10.7. The topological polar surface area (TPSA) is 26.3 Å². The van der Waals surface area contributed by atoms with E-state index >= 15 is 0 Å². The molecule has 2 aromatic rings. The van der Waals surface area contributed by atoms with Gasteiger partial charge in [0.05, 0.1) is 0 Å². The Morgan fingerprint density at radius 3 is 1.74 bits per heavy atom. The standard InChI is InChI=1S/C33H48O2/c1-3-5-6-7-8-9-10-11-12-13-14-27-15-17-28(18-16-27)29-19-21-30(22-20-29)31-23-25-32(26-24-31)35-33(34)4-2/h19-28H,3-18H2,1-2H3. The van der Waals surface area contributed by atoms with Gasteiger partial charge in [-0.1, -0.05) is 121 Å². The highest BCUT2D eigenvalue weighted by Crippen LogP contribution is 2.38. The van der Waals surface area contributed by atoms with E-state index in [1.807, 2.05) is 31.2 Å². The van der Waals surface area contributed by atoms with E-state index in [1.54, 1.807) is 0 Å². The second-order valence-corrected chi connectivity index (χ2v) is 10.7. The van der Waals surface area contributed by atoms with E-state index < -0.39 is 0 Å². The molecule has 0 aromatic heterocycles. The minimum atomic E-state index is -0.194. The van der Waals surface area contributed by atoms with Gasteiger partial charge in [-0.05, 0) is 66.3 Å². The molecule has 2 aromatic carbocycles. The van der Waals surface area contributed by atoms with Gasteiger partial charge in [0.1, 0.15) is 5.75 Å². The lowest BCUT2D eigenvalue weighted by Gasteiger charge is -2.29.